The minimum Gasteiger partial charge on any atom is -0.395 e. The number of thiocarbonyl (C=S) groups is 1. The highest BCUT2D eigenvalue weighted by Gasteiger charge is 2.46. The summed E-state index contributed by atoms with van der Waals surface area (Å²) < 4.78 is 40.1. The number of nitrogens with zero attached hydrogens (tertiary/aromatic N) is 4. The average molecular weight is 475 g/mol. The molecule has 8 nitrogen and oxygen atoms in total. The fourth-order valence-electron chi connectivity index (χ4n) is 3.91. The van der Waals surface area contributed by atoms with Crippen molar-refractivity contribution in [3.05, 3.63) is 58.4 Å². The maximum Gasteiger partial charge on any atom is 0.419 e. The number of halogens is 3. The van der Waals surface area contributed by atoms with E-state index in [1.54, 1.807) is 23.1 Å². The standard InChI is InChI=1S/C21H16F3N5O3S/c22-21(23,24)15-7-14(9-27-16(15)8-25)29-19(32)17-6-11-1-2-12(18(31)26-3-4-30)5-13(11)10-28(17)20(29)33/h1-2,5,7,9,17,30H,3-4,6,10H2,(H,26,31). The van der Waals surface area contributed by atoms with E-state index in [9.17, 15) is 22.8 Å². The second-order valence-electron chi connectivity index (χ2n) is 7.47. The Hall–Kier alpha value is -3.56. The van der Waals surface area contributed by atoms with Crippen LogP contribution >= 0.6 is 12.2 Å². The molecule has 1 atom stereocenters. The summed E-state index contributed by atoms with van der Waals surface area (Å²) in [5, 5.41) is 20.4. The number of nitrogens with one attached hydrogen (secondary N) is 1. The summed E-state index contributed by atoms with van der Waals surface area (Å²) in [4.78, 5) is 31.5. The fourth-order valence-corrected chi connectivity index (χ4v) is 4.30. The predicted molar refractivity (Wildman–Crippen MR) is 113 cm³/mol. The highest BCUT2D eigenvalue weighted by molar-refractivity contribution is 7.80. The van der Waals surface area contributed by atoms with Crippen LogP contribution in [0.1, 0.15) is 32.7 Å². The molecule has 2 N–H and O–H groups in total. The van der Waals surface area contributed by atoms with Crippen molar-refractivity contribution in [2.75, 3.05) is 18.1 Å². The van der Waals surface area contributed by atoms with Crippen LogP contribution in [0.3, 0.4) is 0 Å². The van der Waals surface area contributed by atoms with Gasteiger partial charge in [-0.15, -0.1) is 0 Å². The summed E-state index contributed by atoms with van der Waals surface area (Å²) in [6.07, 6.45) is -3.54. The number of benzene rings is 1. The van der Waals surface area contributed by atoms with Gasteiger partial charge < -0.3 is 15.3 Å². The monoisotopic (exact) mass is 475 g/mol. The summed E-state index contributed by atoms with van der Waals surface area (Å²) >= 11 is 5.42. The van der Waals surface area contributed by atoms with Gasteiger partial charge in [-0.2, -0.15) is 18.4 Å². The number of aliphatic hydroxyl groups excluding tert-OH is 1. The van der Waals surface area contributed by atoms with Gasteiger partial charge in [-0.1, -0.05) is 6.07 Å². The van der Waals surface area contributed by atoms with Gasteiger partial charge in [0.1, 0.15) is 12.1 Å². The molecule has 0 spiro atoms. The number of aromatic nitrogens is 1. The predicted octanol–water partition coefficient (Wildman–Crippen LogP) is 1.75. The Balaban J connectivity index is 1.64. The molecule has 2 aliphatic heterocycles. The zero-order chi connectivity index (χ0) is 23.9. The largest absolute Gasteiger partial charge is 0.419 e. The minimum absolute atomic E-state index is 0.0189. The first-order valence-electron chi connectivity index (χ1n) is 9.78. The van der Waals surface area contributed by atoms with Gasteiger partial charge in [0.2, 0.25) is 0 Å². The van der Waals surface area contributed by atoms with Gasteiger partial charge in [-0.25, -0.2) is 4.98 Å². The molecule has 0 bridgehead atoms. The molecular formula is C21H16F3N5O3S. The summed E-state index contributed by atoms with van der Waals surface area (Å²) in [6, 6.07) is 6.40. The van der Waals surface area contributed by atoms with Crippen molar-refractivity contribution in [2.24, 2.45) is 0 Å². The number of carbonyl (C=O) groups excluding carboxylic acids is 2. The van der Waals surface area contributed by atoms with Crippen LogP contribution in [-0.4, -0.2) is 51.1 Å². The molecule has 33 heavy (non-hydrogen) atoms. The molecule has 3 heterocycles. The van der Waals surface area contributed by atoms with E-state index in [4.69, 9.17) is 22.6 Å². The number of pyridine rings is 1. The Morgan fingerprint density at radius 3 is 2.76 bits per heavy atom. The smallest absolute Gasteiger partial charge is 0.395 e. The van der Waals surface area contributed by atoms with Crippen LogP contribution in [0.15, 0.2) is 30.5 Å². The Morgan fingerprint density at radius 1 is 1.33 bits per heavy atom. The number of fused-ring (bicyclic) bond motifs is 2. The number of hydrogen-bond acceptors (Lipinski definition) is 6. The van der Waals surface area contributed by atoms with Crippen molar-refractivity contribution in [1.82, 2.24) is 15.2 Å². The Kier molecular flexibility index (Phi) is 5.77. The van der Waals surface area contributed by atoms with Crippen molar-refractivity contribution in [1.29, 1.82) is 5.26 Å². The Morgan fingerprint density at radius 2 is 2.09 bits per heavy atom. The van der Waals surface area contributed by atoms with E-state index in [-0.39, 0.29) is 42.8 Å². The van der Waals surface area contributed by atoms with Crippen LogP contribution in [0.25, 0.3) is 0 Å². The number of nitriles is 1. The summed E-state index contributed by atoms with van der Waals surface area (Å²) in [7, 11) is 0. The number of aliphatic hydroxyl groups is 1. The zero-order valence-corrected chi connectivity index (χ0v) is 17.7. The molecule has 0 aliphatic carbocycles. The van der Waals surface area contributed by atoms with Gasteiger partial charge in [0.25, 0.3) is 11.8 Å². The van der Waals surface area contributed by atoms with E-state index in [0.29, 0.717) is 11.6 Å². The molecule has 1 fully saturated rings. The normalized spacial score (nSPS) is 17.5. The first-order chi connectivity index (χ1) is 15.7. The highest BCUT2D eigenvalue weighted by Crippen LogP contribution is 2.37. The second kappa shape index (κ2) is 8.42. The first kappa shape index (κ1) is 22.6. The summed E-state index contributed by atoms with van der Waals surface area (Å²) in [6.45, 7) is 0.104. The molecule has 2 aromatic rings. The number of carbonyl (C=O) groups is 2. The molecule has 0 saturated carbocycles. The molecule has 2 amide bonds. The lowest BCUT2D eigenvalue weighted by molar-refractivity contribution is -0.138. The maximum absolute atomic E-state index is 13.4. The summed E-state index contributed by atoms with van der Waals surface area (Å²) in [5.41, 5.74) is -0.250. The van der Waals surface area contributed by atoms with Crippen molar-refractivity contribution >= 4 is 34.8 Å². The molecule has 170 valence electrons. The maximum atomic E-state index is 13.4. The van der Waals surface area contributed by atoms with E-state index < -0.39 is 29.4 Å². The van der Waals surface area contributed by atoms with Gasteiger partial charge >= 0.3 is 6.18 Å². The number of rotatable bonds is 4. The highest BCUT2D eigenvalue weighted by atomic mass is 32.1. The molecule has 1 aromatic carbocycles. The lowest BCUT2D eigenvalue weighted by Gasteiger charge is -2.30. The second-order valence-corrected chi connectivity index (χ2v) is 7.83. The van der Waals surface area contributed by atoms with Crippen LogP contribution in [-0.2, 0) is 23.9 Å². The van der Waals surface area contributed by atoms with Crippen LogP contribution in [0.4, 0.5) is 18.9 Å². The molecule has 1 unspecified atom stereocenters. The molecule has 4 rings (SSSR count). The topological polar surface area (TPSA) is 110 Å². The van der Waals surface area contributed by atoms with Crippen LogP contribution in [0.2, 0.25) is 0 Å². The summed E-state index contributed by atoms with van der Waals surface area (Å²) in [5.74, 6) is -0.853. The van der Waals surface area contributed by atoms with Crippen molar-refractivity contribution in [2.45, 2.75) is 25.2 Å². The third kappa shape index (κ3) is 4.01. The van der Waals surface area contributed by atoms with Gasteiger partial charge in [0.15, 0.2) is 10.8 Å². The lowest BCUT2D eigenvalue weighted by Crippen LogP contribution is -2.40. The van der Waals surface area contributed by atoms with Crippen LogP contribution in [0.5, 0.6) is 0 Å². The fraction of sp³-hybridized carbons (Fsp3) is 0.286. The molecular weight excluding hydrogens is 459 g/mol. The van der Waals surface area contributed by atoms with Gasteiger partial charge in [0.05, 0.1) is 24.1 Å². The first-order valence-corrected chi connectivity index (χ1v) is 10.2. The van der Waals surface area contributed by atoms with Gasteiger partial charge in [0, 0.05) is 25.1 Å². The number of hydrogen-bond donors (Lipinski definition) is 2. The van der Waals surface area contributed by atoms with Crippen molar-refractivity contribution in [3.63, 3.8) is 0 Å². The third-order valence-corrected chi connectivity index (χ3v) is 5.90. The van der Waals surface area contributed by atoms with Gasteiger partial charge in [-0.05, 0) is 41.5 Å². The van der Waals surface area contributed by atoms with Crippen molar-refractivity contribution in [3.8, 4) is 6.07 Å². The molecule has 1 aromatic heterocycles. The van der Waals surface area contributed by atoms with E-state index in [1.165, 1.54) is 6.07 Å². The van der Waals surface area contributed by atoms with E-state index in [1.807, 2.05) is 0 Å². The van der Waals surface area contributed by atoms with Crippen LogP contribution < -0.4 is 10.2 Å². The lowest BCUT2D eigenvalue weighted by atomic mass is 9.93. The molecule has 0 radical (unpaired) electrons. The Bertz CT molecular complexity index is 1210. The zero-order valence-electron chi connectivity index (χ0n) is 16.9. The quantitative estimate of drug-likeness (QED) is 0.649. The van der Waals surface area contributed by atoms with Crippen LogP contribution in [0, 0.1) is 11.3 Å². The minimum atomic E-state index is -4.82. The third-order valence-electron chi connectivity index (χ3n) is 5.48. The van der Waals surface area contributed by atoms with Gasteiger partial charge in [-0.3, -0.25) is 14.5 Å². The van der Waals surface area contributed by atoms with E-state index >= 15 is 0 Å². The van der Waals surface area contributed by atoms with Crippen molar-refractivity contribution < 1.29 is 27.9 Å². The SMILES string of the molecule is N#Cc1ncc(N2C(=O)C3Cc4ccc(C(=O)NCCO)cc4CN3C2=S)cc1C(F)(F)F. The number of anilines is 1. The average Bonchev–Trinajstić information content (AvgIpc) is 3.03. The molecule has 2 aliphatic rings. The van der Waals surface area contributed by atoms with E-state index in [0.717, 1.165) is 22.2 Å². The number of alkyl halides is 3. The Labute approximate surface area is 191 Å². The van der Waals surface area contributed by atoms with E-state index in [2.05, 4.69) is 10.3 Å². The number of amides is 2. The molecule has 1 saturated heterocycles. The molecule has 12 heteroatoms.